The van der Waals surface area contributed by atoms with Gasteiger partial charge >= 0.3 is 6.03 Å². The molecule has 0 saturated heterocycles. The highest BCUT2D eigenvalue weighted by atomic mass is 32.2. The lowest BCUT2D eigenvalue weighted by Crippen LogP contribution is -2.23. The molecule has 0 aromatic heterocycles. The summed E-state index contributed by atoms with van der Waals surface area (Å²) in [6, 6.07) is -0.344. The van der Waals surface area contributed by atoms with Crippen molar-refractivity contribution < 1.29 is 4.79 Å². The number of nitrogens with one attached hydrogen (secondary N) is 1. The third kappa shape index (κ3) is 7.64. The number of hydrogen-bond acceptors (Lipinski definition) is 2. The van der Waals surface area contributed by atoms with Gasteiger partial charge in [0.2, 0.25) is 0 Å². The Kier molecular flexibility index (Phi) is 7.48. The Bertz CT molecular complexity index is 182. The first-order valence-corrected chi connectivity index (χ1v) is 5.59. The highest BCUT2D eigenvalue weighted by Gasteiger charge is 1.97. The van der Waals surface area contributed by atoms with E-state index < -0.39 is 0 Å². The van der Waals surface area contributed by atoms with Gasteiger partial charge in [-0.15, -0.1) is 0 Å². The van der Waals surface area contributed by atoms with E-state index in [0.29, 0.717) is 11.7 Å². The van der Waals surface area contributed by atoms with E-state index in [2.05, 4.69) is 17.2 Å². The lowest BCUT2D eigenvalue weighted by molar-refractivity contribution is 0.249. The van der Waals surface area contributed by atoms with Crippen LogP contribution in [0.4, 0.5) is 4.79 Å². The Balaban J connectivity index is 3.51. The summed E-state index contributed by atoms with van der Waals surface area (Å²) in [5.74, 6) is 0. The van der Waals surface area contributed by atoms with Crippen LogP contribution in [0, 0.1) is 0 Å². The third-order valence-corrected chi connectivity index (χ3v) is 1.99. The maximum absolute atomic E-state index is 11.0. The zero-order valence-corrected chi connectivity index (χ0v) is 8.99. The van der Waals surface area contributed by atoms with Crippen LogP contribution in [0.1, 0.15) is 26.2 Å². The molecule has 0 atom stereocenters. The van der Waals surface area contributed by atoms with Gasteiger partial charge in [-0.05, 0) is 12.7 Å². The molecule has 0 spiro atoms. The van der Waals surface area contributed by atoms with E-state index in [9.17, 15) is 4.79 Å². The van der Waals surface area contributed by atoms with Crippen LogP contribution in [-0.4, -0.2) is 24.0 Å². The highest BCUT2D eigenvalue weighted by molar-refractivity contribution is 8.13. The number of carbonyl (C=O) groups is 1. The number of nitrogens with zero attached hydrogens (tertiary/aromatic N) is 1. The molecule has 0 radical (unpaired) electrons. The minimum absolute atomic E-state index is 0.299. The van der Waals surface area contributed by atoms with Gasteiger partial charge in [-0.3, -0.25) is 0 Å². The van der Waals surface area contributed by atoms with Gasteiger partial charge < -0.3 is 11.1 Å². The number of amides is 2. The molecule has 0 aliphatic rings. The van der Waals surface area contributed by atoms with Gasteiger partial charge in [0.05, 0.1) is 0 Å². The molecular weight excluding hydrogens is 186 g/mol. The van der Waals surface area contributed by atoms with Crippen LogP contribution in [0.15, 0.2) is 4.99 Å². The van der Waals surface area contributed by atoms with Crippen LogP contribution in [0.25, 0.3) is 0 Å². The first-order valence-electron chi connectivity index (χ1n) is 4.36. The van der Waals surface area contributed by atoms with E-state index >= 15 is 0 Å². The molecule has 76 valence electrons. The lowest BCUT2D eigenvalue weighted by atomic mass is 10.2. The van der Waals surface area contributed by atoms with Crippen molar-refractivity contribution in [3.05, 3.63) is 0 Å². The molecule has 0 aliphatic carbocycles. The van der Waals surface area contributed by atoms with Crippen molar-refractivity contribution in [3.8, 4) is 0 Å². The Hall–Kier alpha value is -0.710. The molecule has 0 unspecified atom stereocenters. The number of aliphatic imine (C=N–C) groups is 1. The smallest absolute Gasteiger partial charge is 0.343 e. The monoisotopic (exact) mass is 203 g/mol. The van der Waals surface area contributed by atoms with Crippen LogP contribution >= 0.6 is 11.8 Å². The van der Waals surface area contributed by atoms with Crippen LogP contribution in [0.5, 0.6) is 0 Å². The summed E-state index contributed by atoms with van der Waals surface area (Å²) in [6.45, 7) is 2.80. The zero-order chi connectivity index (χ0) is 10.1. The maximum atomic E-state index is 11.0. The van der Waals surface area contributed by atoms with Crippen molar-refractivity contribution in [3.63, 3.8) is 0 Å². The van der Waals surface area contributed by atoms with Crippen molar-refractivity contribution >= 4 is 23.0 Å². The number of hydrogen-bond donors (Lipinski definition) is 2. The fourth-order valence-corrected chi connectivity index (χ4v) is 0.930. The third-order valence-electron chi connectivity index (χ3n) is 1.48. The number of urea groups is 1. The number of nitrogens with two attached hydrogens (primary N) is 1. The predicted octanol–water partition coefficient (Wildman–Crippen LogP) is 1.56. The predicted molar refractivity (Wildman–Crippen MR) is 58.1 cm³/mol. The first-order chi connectivity index (χ1) is 6.20. The Labute approximate surface area is 83.4 Å². The fourth-order valence-electron chi connectivity index (χ4n) is 0.756. The first kappa shape index (κ1) is 12.3. The highest BCUT2D eigenvalue weighted by Crippen LogP contribution is 1.93. The van der Waals surface area contributed by atoms with Crippen molar-refractivity contribution in [1.29, 1.82) is 0 Å². The minimum Gasteiger partial charge on any atom is -0.378 e. The molecule has 0 rings (SSSR count). The van der Waals surface area contributed by atoms with Gasteiger partial charge in [0.25, 0.3) is 0 Å². The van der Waals surface area contributed by atoms with Crippen molar-refractivity contribution in [1.82, 2.24) is 5.32 Å². The summed E-state index contributed by atoms with van der Waals surface area (Å²) in [4.78, 5) is 14.6. The minimum atomic E-state index is -0.344. The molecule has 3 N–H and O–H groups in total. The van der Waals surface area contributed by atoms with Gasteiger partial charge in [-0.25, -0.2) is 4.79 Å². The normalized spacial score (nSPS) is 11.4. The summed E-state index contributed by atoms with van der Waals surface area (Å²) in [7, 11) is 0. The number of amidine groups is 1. The quantitative estimate of drug-likeness (QED) is 0.414. The largest absolute Gasteiger partial charge is 0.378 e. The SMILES string of the molecule is CCCCCNC(=O)N=C(N)SC. The summed E-state index contributed by atoms with van der Waals surface area (Å²) in [5, 5.41) is 2.96. The number of thioether (sulfide) groups is 1. The molecule has 2 amide bonds. The molecule has 4 nitrogen and oxygen atoms in total. The molecule has 0 aromatic rings. The molecular formula is C8H17N3OS. The van der Waals surface area contributed by atoms with Gasteiger partial charge in [0.1, 0.15) is 0 Å². The van der Waals surface area contributed by atoms with Crippen molar-refractivity contribution in [2.75, 3.05) is 12.8 Å². The second kappa shape index (κ2) is 7.91. The molecule has 0 saturated carbocycles. The van der Waals surface area contributed by atoms with Crippen molar-refractivity contribution in [2.24, 2.45) is 10.7 Å². The average Bonchev–Trinajstić information content (AvgIpc) is 2.12. The second-order valence-electron chi connectivity index (χ2n) is 2.59. The van der Waals surface area contributed by atoms with Gasteiger partial charge in [0.15, 0.2) is 5.17 Å². The van der Waals surface area contributed by atoms with E-state index in [1.165, 1.54) is 11.8 Å². The van der Waals surface area contributed by atoms with Gasteiger partial charge in [-0.1, -0.05) is 31.5 Å². The van der Waals surface area contributed by atoms with Crippen molar-refractivity contribution in [2.45, 2.75) is 26.2 Å². The number of rotatable bonds is 4. The van der Waals surface area contributed by atoms with Gasteiger partial charge in [-0.2, -0.15) is 4.99 Å². The maximum Gasteiger partial charge on any atom is 0.343 e. The van der Waals surface area contributed by atoms with Crippen LogP contribution in [-0.2, 0) is 0 Å². The molecule has 13 heavy (non-hydrogen) atoms. The van der Waals surface area contributed by atoms with Crippen LogP contribution < -0.4 is 11.1 Å². The van der Waals surface area contributed by atoms with E-state index in [-0.39, 0.29) is 6.03 Å². The second-order valence-corrected chi connectivity index (χ2v) is 3.42. The Morgan fingerprint density at radius 3 is 2.77 bits per heavy atom. The summed E-state index contributed by atoms with van der Waals surface area (Å²) in [6.07, 6.45) is 5.05. The molecule has 0 bridgehead atoms. The summed E-state index contributed by atoms with van der Waals surface area (Å²) >= 11 is 1.26. The van der Waals surface area contributed by atoms with E-state index in [1.54, 1.807) is 6.26 Å². The number of carbonyl (C=O) groups excluding carboxylic acids is 1. The Morgan fingerprint density at radius 2 is 2.23 bits per heavy atom. The van der Waals surface area contributed by atoms with E-state index in [0.717, 1.165) is 19.3 Å². The number of unbranched alkanes of at least 4 members (excludes halogenated alkanes) is 2. The van der Waals surface area contributed by atoms with Crippen LogP contribution in [0.3, 0.4) is 0 Å². The van der Waals surface area contributed by atoms with E-state index in [1.807, 2.05) is 0 Å². The van der Waals surface area contributed by atoms with Crippen LogP contribution in [0.2, 0.25) is 0 Å². The molecule has 0 fully saturated rings. The molecule has 0 heterocycles. The molecule has 0 aliphatic heterocycles. The lowest BCUT2D eigenvalue weighted by Gasteiger charge is -2.00. The Morgan fingerprint density at radius 1 is 1.54 bits per heavy atom. The van der Waals surface area contributed by atoms with Gasteiger partial charge in [0, 0.05) is 6.54 Å². The summed E-state index contributed by atoms with van der Waals surface area (Å²) in [5.41, 5.74) is 5.36. The average molecular weight is 203 g/mol. The molecule has 5 heteroatoms. The standard InChI is InChI=1S/C8H17N3OS/c1-3-4-5-6-10-8(12)11-7(9)13-2/h3-6H2,1-2H3,(H3,9,10,11,12). The topological polar surface area (TPSA) is 67.5 Å². The molecule has 0 aromatic carbocycles. The summed E-state index contributed by atoms with van der Waals surface area (Å²) < 4.78 is 0. The fraction of sp³-hybridized carbons (Fsp3) is 0.750. The zero-order valence-electron chi connectivity index (χ0n) is 8.17. The van der Waals surface area contributed by atoms with E-state index in [4.69, 9.17) is 5.73 Å².